The smallest absolute Gasteiger partial charge is 0.323 e. The van der Waals surface area contributed by atoms with Gasteiger partial charge in [0.1, 0.15) is 5.54 Å². The zero-order valence-electron chi connectivity index (χ0n) is 8.42. The summed E-state index contributed by atoms with van der Waals surface area (Å²) >= 11 is 0. The fourth-order valence-electron chi connectivity index (χ4n) is 1.37. The fourth-order valence-corrected chi connectivity index (χ4v) is 1.37. The normalized spacial score (nSPS) is 29.3. The van der Waals surface area contributed by atoms with Gasteiger partial charge in [-0.2, -0.15) is 0 Å². The summed E-state index contributed by atoms with van der Waals surface area (Å²) < 4.78 is 0. The Labute approximate surface area is 74.4 Å². The molecule has 0 saturated carbocycles. The highest BCUT2D eigenvalue weighted by Crippen LogP contribution is 2.26. The maximum Gasteiger partial charge on any atom is 0.323 e. The average molecular weight is 173 g/mol. The Kier molecular flexibility index (Phi) is 4.24. The van der Waals surface area contributed by atoms with E-state index in [-0.39, 0.29) is 0 Å². The predicted molar refractivity (Wildman–Crippen MR) is 49.3 cm³/mol. The summed E-state index contributed by atoms with van der Waals surface area (Å²) in [7, 11) is 1.86. The number of likely N-dealkylation sites (tertiary alicyclic amines) is 1. The second-order valence-corrected chi connectivity index (χ2v) is 3.10. The Balaban J connectivity index is 0.000000561. The van der Waals surface area contributed by atoms with Crippen molar-refractivity contribution in [2.75, 3.05) is 13.6 Å². The van der Waals surface area contributed by atoms with Crippen molar-refractivity contribution in [1.29, 1.82) is 0 Å². The highest BCUT2D eigenvalue weighted by atomic mass is 16.4. The van der Waals surface area contributed by atoms with Gasteiger partial charge in [-0.15, -0.1) is 0 Å². The van der Waals surface area contributed by atoms with Crippen LogP contribution in [0.1, 0.15) is 33.6 Å². The molecule has 0 radical (unpaired) electrons. The lowest BCUT2D eigenvalue weighted by molar-refractivity contribution is -0.147. The van der Waals surface area contributed by atoms with Gasteiger partial charge in [-0.3, -0.25) is 9.69 Å². The van der Waals surface area contributed by atoms with Crippen LogP contribution in [0.15, 0.2) is 0 Å². The van der Waals surface area contributed by atoms with Crippen LogP contribution in [0, 0.1) is 0 Å². The van der Waals surface area contributed by atoms with Gasteiger partial charge in [-0.25, -0.2) is 0 Å². The van der Waals surface area contributed by atoms with Crippen LogP contribution in [0.3, 0.4) is 0 Å². The van der Waals surface area contributed by atoms with Crippen molar-refractivity contribution < 1.29 is 9.90 Å². The summed E-state index contributed by atoms with van der Waals surface area (Å²) in [6.07, 6.45) is 1.78. The molecule has 0 amide bonds. The maximum atomic E-state index is 10.7. The lowest BCUT2D eigenvalue weighted by atomic mass is 10.0. The molecule has 1 saturated heterocycles. The molecule has 0 aromatic rings. The molecule has 0 bridgehead atoms. The van der Waals surface area contributed by atoms with Crippen LogP contribution in [0.4, 0.5) is 0 Å². The second-order valence-electron chi connectivity index (χ2n) is 3.10. The molecular formula is C9H19NO2. The van der Waals surface area contributed by atoms with Crippen LogP contribution in [-0.2, 0) is 4.79 Å². The first-order valence-electron chi connectivity index (χ1n) is 4.52. The van der Waals surface area contributed by atoms with Crippen molar-refractivity contribution in [1.82, 2.24) is 4.90 Å². The van der Waals surface area contributed by atoms with Crippen molar-refractivity contribution in [2.24, 2.45) is 0 Å². The summed E-state index contributed by atoms with van der Waals surface area (Å²) in [5.41, 5.74) is -0.597. The Morgan fingerprint density at radius 3 is 2.17 bits per heavy atom. The first kappa shape index (κ1) is 11.4. The first-order valence-corrected chi connectivity index (χ1v) is 4.52. The van der Waals surface area contributed by atoms with Crippen molar-refractivity contribution >= 4 is 5.97 Å². The van der Waals surface area contributed by atoms with E-state index in [1.165, 1.54) is 0 Å². The number of rotatable bonds is 1. The van der Waals surface area contributed by atoms with Crippen molar-refractivity contribution in [3.63, 3.8) is 0 Å². The Morgan fingerprint density at radius 1 is 1.50 bits per heavy atom. The Hall–Kier alpha value is -0.570. The summed E-state index contributed by atoms with van der Waals surface area (Å²) in [5, 5.41) is 8.80. The highest BCUT2D eigenvalue weighted by molar-refractivity contribution is 5.78. The Morgan fingerprint density at radius 2 is 2.00 bits per heavy atom. The summed E-state index contributed by atoms with van der Waals surface area (Å²) in [4.78, 5) is 12.6. The number of nitrogens with zero attached hydrogens (tertiary/aromatic N) is 1. The van der Waals surface area contributed by atoms with E-state index in [0.717, 1.165) is 19.4 Å². The van der Waals surface area contributed by atoms with Gasteiger partial charge in [0.25, 0.3) is 0 Å². The SMILES string of the molecule is CC.CN1CCCC1(C)C(=O)O. The molecule has 3 heteroatoms. The molecule has 1 N–H and O–H groups in total. The summed E-state index contributed by atoms with van der Waals surface area (Å²) in [6.45, 7) is 6.69. The van der Waals surface area contributed by atoms with E-state index in [9.17, 15) is 4.79 Å². The molecular weight excluding hydrogens is 154 g/mol. The zero-order valence-corrected chi connectivity index (χ0v) is 8.42. The van der Waals surface area contributed by atoms with E-state index in [4.69, 9.17) is 5.11 Å². The number of hydrogen-bond donors (Lipinski definition) is 1. The van der Waals surface area contributed by atoms with Gasteiger partial charge in [0.15, 0.2) is 0 Å². The maximum absolute atomic E-state index is 10.7. The topological polar surface area (TPSA) is 40.5 Å². The van der Waals surface area contributed by atoms with Crippen LogP contribution in [0.25, 0.3) is 0 Å². The molecule has 72 valence electrons. The van der Waals surface area contributed by atoms with Crippen LogP contribution in [0.5, 0.6) is 0 Å². The van der Waals surface area contributed by atoms with E-state index in [2.05, 4.69) is 0 Å². The minimum atomic E-state index is -0.701. The van der Waals surface area contributed by atoms with Gasteiger partial charge in [0.2, 0.25) is 0 Å². The molecule has 1 aliphatic rings. The Bertz CT molecular complexity index is 159. The number of aliphatic carboxylic acids is 1. The molecule has 0 spiro atoms. The van der Waals surface area contributed by atoms with Crippen LogP contribution in [0.2, 0.25) is 0 Å². The largest absolute Gasteiger partial charge is 0.480 e. The van der Waals surface area contributed by atoms with Crippen molar-refractivity contribution in [3.05, 3.63) is 0 Å². The molecule has 0 aromatic carbocycles. The monoisotopic (exact) mass is 173 g/mol. The van der Waals surface area contributed by atoms with Crippen LogP contribution in [-0.4, -0.2) is 35.1 Å². The van der Waals surface area contributed by atoms with Crippen molar-refractivity contribution in [3.8, 4) is 0 Å². The van der Waals surface area contributed by atoms with E-state index >= 15 is 0 Å². The lowest BCUT2D eigenvalue weighted by Crippen LogP contribution is -2.45. The van der Waals surface area contributed by atoms with E-state index in [1.54, 1.807) is 6.92 Å². The molecule has 1 aliphatic heterocycles. The molecule has 1 atom stereocenters. The van der Waals surface area contributed by atoms with Gasteiger partial charge in [0.05, 0.1) is 0 Å². The van der Waals surface area contributed by atoms with Gasteiger partial charge in [0, 0.05) is 0 Å². The van der Waals surface area contributed by atoms with Gasteiger partial charge in [-0.05, 0) is 33.4 Å². The summed E-state index contributed by atoms with van der Waals surface area (Å²) in [5.74, 6) is -0.701. The fraction of sp³-hybridized carbons (Fsp3) is 0.889. The van der Waals surface area contributed by atoms with E-state index < -0.39 is 11.5 Å². The molecule has 0 aromatic heterocycles. The highest BCUT2D eigenvalue weighted by Gasteiger charge is 2.40. The van der Waals surface area contributed by atoms with E-state index in [0.29, 0.717) is 0 Å². The second kappa shape index (κ2) is 4.45. The molecule has 1 heterocycles. The van der Waals surface area contributed by atoms with Gasteiger partial charge >= 0.3 is 5.97 Å². The minimum absolute atomic E-state index is 0.597. The number of carboxylic acids is 1. The summed E-state index contributed by atoms with van der Waals surface area (Å²) in [6, 6.07) is 0. The first-order chi connectivity index (χ1) is 5.57. The van der Waals surface area contributed by atoms with Crippen LogP contribution < -0.4 is 0 Å². The third-order valence-corrected chi connectivity index (χ3v) is 2.46. The minimum Gasteiger partial charge on any atom is -0.480 e. The average Bonchev–Trinajstić information content (AvgIpc) is 2.38. The number of carboxylic acid groups (broad SMARTS) is 1. The molecule has 0 aliphatic carbocycles. The lowest BCUT2D eigenvalue weighted by Gasteiger charge is -2.26. The standard InChI is InChI=1S/C7H13NO2.C2H6/c1-7(6(9)10)4-3-5-8(7)2;1-2/h3-5H2,1-2H3,(H,9,10);1-2H3. The van der Waals surface area contributed by atoms with E-state index in [1.807, 2.05) is 25.8 Å². The molecule has 1 unspecified atom stereocenters. The third kappa shape index (κ3) is 1.97. The van der Waals surface area contributed by atoms with Crippen LogP contribution >= 0.6 is 0 Å². The van der Waals surface area contributed by atoms with Crippen molar-refractivity contribution in [2.45, 2.75) is 39.2 Å². The number of likely N-dealkylation sites (N-methyl/N-ethyl adjacent to an activating group) is 1. The number of carbonyl (C=O) groups is 1. The molecule has 3 nitrogen and oxygen atoms in total. The molecule has 1 rings (SSSR count). The number of hydrogen-bond acceptors (Lipinski definition) is 2. The zero-order chi connectivity index (χ0) is 9.78. The van der Waals surface area contributed by atoms with Gasteiger partial charge in [-0.1, -0.05) is 13.8 Å². The third-order valence-electron chi connectivity index (χ3n) is 2.46. The quantitative estimate of drug-likeness (QED) is 0.654. The molecule has 1 fully saturated rings. The van der Waals surface area contributed by atoms with Gasteiger partial charge < -0.3 is 5.11 Å². The molecule has 12 heavy (non-hydrogen) atoms. The predicted octanol–water partition coefficient (Wildman–Crippen LogP) is 1.58.